The van der Waals surface area contributed by atoms with Crippen LogP contribution >= 0.6 is 0 Å². The van der Waals surface area contributed by atoms with Gasteiger partial charge in [-0.1, -0.05) is 18.2 Å². The molecule has 3 aromatic rings. The van der Waals surface area contributed by atoms with E-state index in [2.05, 4.69) is 0 Å². The predicted octanol–water partition coefficient (Wildman–Crippen LogP) is 2.86. The number of benzene rings is 1. The van der Waals surface area contributed by atoms with Crippen LogP contribution in [-0.4, -0.2) is 14.9 Å². The molecule has 0 radical (unpaired) electrons. The highest BCUT2D eigenvalue weighted by Gasteiger charge is 2.15. The molecule has 5 heteroatoms. The summed E-state index contributed by atoms with van der Waals surface area (Å²) in [6, 6.07) is 7.44. The first-order valence-corrected chi connectivity index (χ1v) is 6.84. The molecule has 108 valence electrons. The van der Waals surface area contributed by atoms with Gasteiger partial charge in [0.25, 0.3) is 0 Å². The van der Waals surface area contributed by atoms with Gasteiger partial charge in [-0.15, -0.1) is 0 Å². The van der Waals surface area contributed by atoms with E-state index in [0.29, 0.717) is 11.1 Å². The van der Waals surface area contributed by atoms with Crippen molar-refractivity contribution in [2.45, 2.75) is 26.4 Å². The molecule has 0 saturated carbocycles. The van der Waals surface area contributed by atoms with E-state index in [-0.39, 0.29) is 24.1 Å². The molecule has 2 aromatic heterocycles. The third kappa shape index (κ3) is 2.31. The summed E-state index contributed by atoms with van der Waals surface area (Å²) in [5.41, 5.74) is 1.01. The Morgan fingerprint density at radius 3 is 2.71 bits per heavy atom. The lowest BCUT2D eigenvalue weighted by Gasteiger charge is -2.04. The van der Waals surface area contributed by atoms with Gasteiger partial charge in [0.05, 0.1) is 12.1 Å². The minimum Gasteiger partial charge on any atom is -0.464 e. The van der Waals surface area contributed by atoms with Gasteiger partial charge in [0.1, 0.15) is 11.8 Å². The third-order valence-electron chi connectivity index (χ3n) is 3.53. The Hall–Kier alpha value is -2.56. The lowest BCUT2D eigenvalue weighted by Crippen LogP contribution is -2.27. The highest BCUT2D eigenvalue weighted by atomic mass is 16.3. The second-order valence-corrected chi connectivity index (χ2v) is 5.28. The fourth-order valence-corrected chi connectivity index (χ4v) is 2.38. The van der Waals surface area contributed by atoms with Crippen molar-refractivity contribution in [3.8, 4) is 0 Å². The van der Waals surface area contributed by atoms with Gasteiger partial charge in [0.2, 0.25) is 0 Å². The largest absolute Gasteiger partial charge is 0.464 e. The first-order valence-electron chi connectivity index (χ1n) is 6.84. The van der Waals surface area contributed by atoms with Crippen LogP contribution in [-0.2, 0) is 6.54 Å². The summed E-state index contributed by atoms with van der Waals surface area (Å²) in [5, 5.41) is 0.777. The Bertz CT molecular complexity index is 852. The van der Waals surface area contributed by atoms with E-state index in [1.165, 1.54) is 10.8 Å². The zero-order valence-electron chi connectivity index (χ0n) is 11.9. The van der Waals surface area contributed by atoms with Crippen molar-refractivity contribution in [2.24, 2.45) is 0 Å². The Morgan fingerprint density at radius 1 is 1.24 bits per heavy atom. The van der Waals surface area contributed by atoms with Gasteiger partial charge in [-0.3, -0.25) is 13.9 Å². The summed E-state index contributed by atoms with van der Waals surface area (Å²) in [6.45, 7) is 3.87. The van der Waals surface area contributed by atoms with E-state index in [9.17, 15) is 9.59 Å². The molecule has 0 saturated heterocycles. The number of fused-ring (bicyclic) bond motifs is 1. The number of imidazole rings is 1. The molecule has 2 heterocycles. The summed E-state index contributed by atoms with van der Waals surface area (Å²) < 4.78 is 8.39. The predicted molar refractivity (Wildman–Crippen MR) is 79.6 cm³/mol. The van der Waals surface area contributed by atoms with E-state index in [4.69, 9.17) is 4.42 Å². The number of hydrogen-bond acceptors (Lipinski definition) is 3. The molecule has 5 nitrogen and oxygen atoms in total. The van der Waals surface area contributed by atoms with Gasteiger partial charge in [0, 0.05) is 23.8 Å². The number of nitrogens with zero attached hydrogens (tertiary/aromatic N) is 2. The molecule has 0 aliphatic heterocycles. The van der Waals surface area contributed by atoms with Crippen molar-refractivity contribution in [3.05, 3.63) is 59.0 Å². The molecule has 0 unspecified atom stereocenters. The lowest BCUT2D eigenvalue weighted by atomic mass is 10.1. The van der Waals surface area contributed by atoms with E-state index < -0.39 is 0 Å². The number of hydrogen-bond donors (Lipinski definition) is 0. The minimum absolute atomic E-state index is 0.0160. The standard InChI is InChI=1S/C16H16N2O3/c1-11(2)18-8-7-17(16(18)20)9-14(19)13-10-21-15-6-4-3-5-12(13)15/h3-8,10-11H,9H2,1-2H3. The quantitative estimate of drug-likeness (QED) is 0.692. The van der Waals surface area contributed by atoms with Gasteiger partial charge in [-0.2, -0.15) is 0 Å². The van der Waals surface area contributed by atoms with Gasteiger partial charge in [-0.25, -0.2) is 4.79 Å². The molecule has 0 spiro atoms. The monoisotopic (exact) mass is 284 g/mol. The molecule has 0 N–H and O–H groups in total. The molecule has 0 fully saturated rings. The summed E-state index contributed by atoms with van der Waals surface area (Å²) >= 11 is 0. The Kier molecular flexibility index (Phi) is 3.25. The summed E-state index contributed by atoms with van der Waals surface area (Å²) in [4.78, 5) is 24.5. The summed E-state index contributed by atoms with van der Waals surface area (Å²) in [6.07, 6.45) is 4.80. The Morgan fingerprint density at radius 2 is 2.00 bits per heavy atom. The van der Waals surface area contributed by atoms with Crippen LogP contribution in [0.25, 0.3) is 11.0 Å². The minimum atomic E-state index is -0.175. The lowest BCUT2D eigenvalue weighted by molar-refractivity contribution is 0.0971. The smallest absolute Gasteiger partial charge is 0.328 e. The van der Waals surface area contributed by atoms with E-state index in [1.54, 1.807) is 17.0 Å². The maximum atomic E-state index is 12.4. The second-order valence-electron chi connectivity index (χ2n) is 5.28. The molecule has 1 aromatic carbocycles. The maximum absolute atomic E-state index is 12.4. The van der Waals surface area contributed by atoms with Crippen LogP contribution in [0.3, 0.4) is 0 Å². The van der Waals surface area contributed by atoms with Gasteiger partial charge < -0.3 is 4.42 Å². The number of furan rings is 1. The number of aromatic nitrogens is 2. The first kappa shape index (κ1) is 13.4. The van der Waals surface area contributed by atoms with Crippen molar-refractivity contribution in [3.63, 3.8) is 0 Å². The Balaban J connectivity index is 1.92. The average Bonchev–Trinajstić information content (AvgIpc) is 3.03. The molecule has 0 bridgehead atoms. The molecule has 0 amide bonds. The Labute approximate surface area is 121 Å². The molecule has 21 heavy (non-hydrogen) atoms. The number of carbonyl (C=O) groups is 1. The number of carbonyl (C=O) groups excluding carboxylic acids is 1. The van der Waals surface area contributed by atoms with E-state index >= 15 is 0 Å². The normalized spacial score (nSPS) is 11.4. The van der Waals surface area contributed by atoms with Gasteiger partial charge in [0.15, 0.2) is 5.78 Å². The van der Waals surface area contributed by atoms with Crippen LogP contribution in [0.4, 0.5) is 0 Å². The zero-order chi connectivity index (χ0) is 15.0. The third-order valence-corrected chi connectivity index (χ3v) is 3.53. The van der Waals surface area contributed by atoms with Crippen LogP contribution in [0.15, 0.2) is 52.1 Å². The van der Waals surface area contributed by atoms with Crippen LogP contribution in [0.2, 0.25) is 0 Å². The van der Waals surface area contributed by atoms with Gasteiger partial charge >= 0.3 is 5.69 Å². The fraction of sp³-hybridized carbons (Fsp3) is 0.250. The fourth-order valence-electron chi connectivity index (χ4n) is 2.38. The highest BCUT2D eigenvalue weighted by Crippen LogP contribution is 2.21. The van der Waals surface area contributed by atoms with Crippen molar-refractivity contribution in [1.29, 1.82) is 0 Å². The molecular weight excluding hydrogens is 268 g/mol. The average molecular weight is 284 g/mol. The zero-order valence-corrected chi connectivity index (χ0v) is 11.9. The highest BCUT2D eigenvalue weighted by molar-refractivity contribution is 6.06. The van der Waals surface area contributed by atoms with E-state index in [0.717, 1.165) is 5.39 Å². The number of para-hydroxylation sites is 1. The van der Waals surface area contributed by atoms with Crippen molar-refractivity contribution in [1.82, 2.24) is 9.13 Å². The van der Waals surface area contributed by atoms with Crippen LogP contribution in [0, 0.1) is 0 Å². The molecule has 0 aliphatic rings. The first-order chi connectivity index (χ1) is 10.1. The summed E-state index contributed by atoms with van der Waals surface area (Å²) in [5.74, 6) is -0.136. The number of Topliss-reactive ketones (excluding diaryl/α,β-unsaturated/α-hetero) is 1. The van der Waals surface area contributed by atoms with Crippen LogP contribution < -0.4 is 5.69 Å². The van der Waals surface area contributed by atoms with Crippen molar-refractivity contribution >= 4 is 16.8 Å². The molecule has 0 atom stereocenters. The topological polar surface area (TPSA) is 57.1 Å². The molecule has 3 rings (SSSR count). The number of rotatable bonds is 4. The second kappa shape index (κ2) is 5.09. The van der Waals surface area contributed by atoms with Gasteiger partial charge in [-0.05, 0) is 19.9 Å². The number of ketones is 1. The van der Waals surface area contributed by atoms with Crippen LogP contribution in [0.5, 0.6) is 0 Å². The van der Waals surface area contributed by atoms with E-state index in [1.807, 2.05) is 38.1 Å². The SMILES string of the molecule is CC(C)n1ccn(CC(=O)c2coc3ccccc23)c1=O. The summed E-state index contributed by atoms with van der Waals surface area (Å²) in [7, 11) is 0. The van der Waals surface area contributed by atoms with Crippen molar-refractivity contribution in [2.75, 3.05) is 0 Å². The molecule has 0 aliphatic carbocycles. The van der Waals surface area contributed by atoms with Crippen molar-refractivity contribution < 1.29 is 9.21 Å². The maximum Gasteiger partial charge on any atom is 0.328 e. The van der Waals surface area contributed by atoms with Crippen LogP contribution in [0.1, 0.15) is 30.2 Å². The molecular formula is C16H16N2O3.